The molecule has 0 fully saturated rings. The van der Waals surface area contributed by atoms with Gasteiger partial charge in [0.15, 0.2) is 9.40 Å². The van der Waals surface area contributed by atoms with Gasteiger partial charge in [-0.05, 0) is 59.2 Å². The molecule has 0 saturated heterocycles. The molecule has 136 valence electrons. The van der Waals surface area contributed by atoms with Gasteiger partial charge in [-0.25, -0.2) is 0 Å². The fourth-order valence-electron chi connectivity index (χ4n) is 3.20. The third kappa shape index (κ3) is 3.63. The van der Waals surface area contributed by atoms with Crippen LogP contribution >= 0.6 is 10.5 Å². The molecule has 1 unspecified atom stereocenters. The summed E-state index contributed by atoms with van der Waals surface area (Å²) in [5, 5.41) is 5.46. The molecule has 0 radical (unpaired) electrons. The number of fused-ring (bicyclic) bond motifs is 5. The van der Waals surface area contributed by atoms with Crippen molar-refractivity contribution in [2.75, 3.05) is 7.11 Å². The number of ether oxygens (including phenoxy) is 1. The van der Waals surface area contributed by atoms with E-state index in [0.29, 0.717) is 0 Å². The highest BCUT2D eigenvalue weighted by Gasteiger charge is 2.22. The topological polar surface area (TPSA) is 9.23 Å². The van der Waals surface area contributed by atoms with Crippen LogP contribution < -0.4 is 4.74 Å². The average Bonchev–Trinajstić information content (AvgIpc) is 2.93. The molecule has 1 heterocycles. The number of aryl methyl sites for hydroxylation is 1. The summed E-state index contributed by atoms with van der Waals surface area (Å²) in [6.07, 6.45) is 0. The van der Waals surface area contributed by atoms with Crippen molar-refractivity contribution < 1.29 is 22.0 Å². The Morgan fingerprint density at radius 1 is 0.885 bits per heavy atom. The number of hydrogen-bond donors (Lipinski definition) is 0. The lowest BCUT2D eigenvalue weighted by molar-refractivity contribution is 0.368. The van der Waals surface area contributed by atoms with Gasteiger partial charge in [-0.1, -0.05) is 18.2 Å². The summed E-state index contributed by atoms with van der Waals surface area (Å²) in [5.74, 6) is 2.09. The second-order valence-corrected chi connectivity index (χ2v) is 7.91. The van der Waals surface area contributed by atoms with Crippen LogP contribution in [0.15, 0.2) is 54.6 Å². The van der Waals surface area contributed by atoms with Crippen LogP contribution in [-0.2, 0) is 5.75 Å². The van der Waals surface area contributed by atoms with Gasteiger partial charge in [-0.3, -0.25) is 0 Å². The Kier molecular flexibility index (Phi) is 5.09. The molecule has 1 aromatic heterocycles. The van der Waals surface area contributed by atoms with Gasteiger partial charge in [0.1, 0.15) is 11.5 Å². The Hall–Kier alpha value is -2.28. The molecule has 7 heteroatoms. The van der Waals surface area contributed by atoms with E-state index in [-0.39, 0.29) is 10.5 Å². The van der Waals surface area contributed by atoms with E-state index in [1.165, 1.54) is 30.9 Å². The number of benzene rings is 3. The molecular weight excluding hydrogens is 363 g/mol. The van der Waals surface area contributed by atoms with Gasteiger partial charge in [0.25, 0.3) is 0 Å². The van der Waals surface area contributed by atoms with Crippen LogP contribution in [0.2, 0.25) is 0 Å². The van der Waals surface area contributed by atoms with Crippen LogP contribution in [0.4, 0.5) is 17.3 Å². The first-order chi connectivity index (χ1) is 12.3. The lowest BCUT2D eigenvalue weighted by Crippen LogP contribution is -2.02. The Bertz CT molecular complexity index is 1070. The molecule has 1 atom stereocenters. The summed E-state index contributed by atoms with van der Waals surface area (Å²) in [5.41, 5.74) is 0. The van der Waals surface area contributed by atoms with Crippen molar-refractivity contribution in [1.82, 2.24) is 0 Å². The van der Waals surface area contributed by atoms with Crippen LogP contribution in [0.3, 0.4) is 0 Å². The first-order valence-electron chi connectivity index (χ1n) is 8.12. The van der Waals surface area contributed by atoms with E-state index in [0.717, 1.165) is 11.5 Å². The van der Waals surface area contributed by atoms with Crippen molar-refractivity contribution in [2.45, 2.75) is 12.7 Å². The van der Waals surface area contributed by atoms with Gasteiger partial charge in [-0.2, -0.15) is 0 Å². The first kappa shape index (κ1) is 18.5. The van der Waals surface area contributed by atoms with E-state index >= 15 is 0 Å². The summed E-state index contributed by atoms with van der Waals surface area (Å²) in [6, 6.07) is 19.8. The lowest BCUT2D eigenvalue weighted by atomic mass is 10.1. The number of hydrogen-bond acceptors (Lipinski definition) is 1. The molecule has 0 aliphatic heterocycles. The maximum absolute atomic E-state index is 9.75. The third-order valence-corrected chi connectivity index (χ3v) is 6.55. The molecule has 4 rings (SSSR count). The van der Waals surface area contributed by atoms with Crippen molar-refractivity contribution >= 4 is 48.7 Å². The highest BCUT2D eigenvalue weighted by molar-refractivity contribution is 7.43. The predicted molar refractivity (Wildman–Crippen MR) is 104 cm³/mol. The minimum absolute atomic E-state index is 0.192. The molecule has 0 amide bonds. The van der Waals surface area contributed by atoms with Crippen LogP contribution in [0.25, 0.3) is 30.9 Å². The summed E-state index contributed by atoms with van der Waals surface area (Å²) in [4.78, 5) is 0. The zero-order valence-corrected chi connectivity index (χ0v) is 15.1. The second-order valence-electron chi connectivity index (χ2n) is 5.70. The smallest absolute Gasteiger partial charge is 0.497 e. The van der Waals surface area contributed by atoms with Gasteiger partial charge < -0.3 is 22.0 Å². The Balaban J connectivity index is 0.000000349. The van der Waals surface area contributed by atoms with Crippen LogP contribution in [0.5, 0.6) is 5.75 Å². The highest BCUT2D eigenvalue weighted by atomic mass is 32.2. The molecule has 1 nitrogen and oxygen atoms in total. The fourth-order valence-corrected chi connectivity index (χ4v) is 5.60. The molecule has 0 spiro atoms. The van der Waals surface area contributed by atoms with E-state index in [2.05, 4.69) is 61.5 Å². The molecule has 0 bridgehead atoms. The summed E-state index contributed by atoms with van der Waals surface area (Å²) < 4.78 is 47.4. The monoisotopic (exact) mass is 380 g/mol. The van der Waals surface area contributed by atoms with Crippen molar-refractivity contribution in [3.05, 3.63) is 54.6 Å². The number of thiophene rings is 1. The van der Waals surface area contributed by atoms with E-state index in [1.807, 2.05) is 0 Å². The van der Waals surface area contributed by atoms with Crippen molar-refractivity contribution in [3.8, 4) is 5.75 Å². The lowest BCUT2D eigenvalue weighted by Gasteiger charge is -2.02. The zero-order valence-electron chi connectivity index (χ0n) is 14.3. The maximum atomic E-state index is 9.75. The summed E-state index contributed by atoms with van der Waals surface area (Å²) >= 11 is 0. The SMILES string of the molecule is CC[s+]1c2ccccc2c2ccc3cc(OC)ccc3c21.F[B-](F)(F)F. The molecule has 0 N–H and O–H groups in total. The van der Waals surface area contributed by atoms with Crippen molar-refractivity contribution in [2.24, 2.45) is 0 Å². The van der Waals surface area contributed by atoms with Crippen LogP contribution in [-0.4, -0.2) is 14.4 Å². The molecule has 0 aliphatic rings. The van der Waals surface area contributed by atoms with E-state index in [4.69, 9.17) is 4.74 Å². The number of rotatable bonds is 2. The highest BCUT2D eigenvalue weighted by Crippen LogP contribution is 2.46. The summed E-state index contributed by atoms with van der Waals surface area (Å²) in [7, 11) is -4.08. The molecule has 26 heavy (non-hydrogen) atoms. The molecular formula is C19H17BF4OS. The van der Waals surface area contributed by atoms with E-state index in [1.54, 1.807) is 7.11 Å². The van der Waals surface area contributed by atoms with Crippen LogP contribution in [0.1, 0.15) is 6.92 Å². The normalized spacial score (nSPS) is 12.3. The van der Waals surface area contributed by atoms with Gasteiger partial charge >= 0.3 is 7.25 Å². The molecule has 4 aromatic rings. The quantitative estimate of drug-likeness (QED) is 0.203. The minimum Gasteiger partial charge on any atom is -0.497 e. The molecule has 0 saturated carbocycles. The zero-order chi connectivity index (χ0) is 18.9. The Labute approximate surface area is 151 Å². The first-order valence-corrected chi connectivity index (χ1v) is 9.51. The maximum Gasteiger partial charge on any atom is 0.673 e. The largest absolute Gasteiger partial charge is 0.673 e. The average molecular weight is 380 g/mol. The fraction of sp³-hybridized carbons (Fsp3) is 0.158. The van der Waals surface area contributed by atoms with E-state index in [9.17, 15) is 17.3 Å². The third-order valence-electron chi connectivity index (χ3n) is 4.16. The minimum atomic E-state index is -6.00. The van der Waals surface area contributed by atoms with Gasteiger partial charge in [0.2, 0.25) is 0 Å². The standard InChI is InChI=1S/C19H17OS.BF4/c1-3-21-18-7-5-4-6-16(18)17-10-8-13-12-14(20-2)9-11-15(13)19(17)21;2-1(3,4)5/h4-12H,3H2,1-2H3;/q+1;-1. The van der Waals surface area contributed by atoms with Gasteiger partial charge in [0, 0.05) is 16.2 Å². The van der Waals surface area contributed by atoms with Gasteiger partial charge in [0.05, 0.1) is 7.11 Å². The Morgan fingerprint density at radius 3 is 2.19 bits per heavy atom. The second kappa shape index (κ2) is 7.15. The molecule has 3 aromatic carbocycles. The van der Waals surface area contributed by atoms with Crippen LogP contribution in [0, 0.1) is 0 Å². The number of halogens is 4. The summed E-state index contributed by atoms with van der Waals surface area (Å²) in [6.45, 7) is 2.29. The van der Waals surface area contributed by atoms with E-state index < -0.39 is 7.25 Å². The van der Waals surface area contributed by atoms with Crippen molar-refractivity contribution in [3.63, 3.8) is 0 Å². The van der Waals surface area contributed by atoms with Gasteiger partial charge in [-0.15, -0.1) is 0 Å². The predicted octanol–water partition coefficient (Wildman–Crippen LogP) is 7.22. The Morgan fingerprint density at radius 2 is 1.54 bits per heavy atom. The number of methoxy groups -OCH3 is 1. The molecule has 0 aliphatic carbocycles. The van der Waals surface area contributed by atoms with Crippen molar-refractivity contribution in [1.29, 1.82) is 0 Å².